The van der Waals surface area contributed by atoms with E-state index in [2.05, 4.69) is 32.3 Å². The van der Waals surface area contributed by atoms with Gasteiger partial charge in [0, 0.05) is 34.4 Å². The van der Waals surface area contributed by atoms with Crippen molar-refractivity contribution in [2.45, 2.75) is 25.7 Å². The highest BCUT2D eigenvalue weighted by Crippen LogP contribution is 2.23. The van der Waals surface area contributed by atoms with E-state index >= 15 is 0 Å². The minimum absolute atomic E-state index is 0.0475. The smallest absolute Gasteiger partial charge is 0.336 e. The Balaban J connectivity index is 1.98. The lowest BCUT2D eigenvalue weighted by Crippen LogP contribution is -2.49. The molecule has 2 rings (SSSR count). The van der Waals surface area contributed by atoms with Gasteiger partial charge in [-0.1, -0.05) is 0 Å². The highest BCUT2D eigenvalue weighted by atomic mass is 79.9. The van der Waals surface area contributed by atoms with Crippen molar-refractivity contribution < 1.29 is 14.3 Å². The van der Waals surface area contributed by atoms with E-state index in [-0.39, 0.29) is 12.1 Å². The number of carbonyl (C=O) groups excluding carboxylic acids is 1. The summed E-state index contributed by atoms with van der Waals surface area (Å²) in [6.07, 6.45) is -0.423. The number of halogens is 1. The first-order valence-corrected chi connectivity index (χ1v) is 7.44. The molecular weight excluding hydrogens is 318 g/mol. The molecule has 100 valence electrons. The maximum absolute atomic E-state index is 11.5. The molecule has 0 amide bonds. The van der Waals surface area contributed by atoms with E-state index in [0.717, 1.165) is 17.6 Å². The average molecular weight is 334 g/mol. The Morgan fingerprint density at radius 1 is 1.67 bits per heavy atom. The fourth-order valence-corrected chi connectivity index (χ4v) is 3.58. The topological polar surface area (TPSA) is 38.8 Å². The summed E-state index contributed by atoms with van der Waals surface area (Å²) in [6, 6.07) is 2.11. The van der Waals surface area contributed by atoms with Gasteiger partial charge in [0.25, 0.3) is 0 Å². The van der Waals surface area contributed by atoms with E-state index in [1.54, 1.807) is 11.3 Å². The van der Waals surface area contributed by atoms with Crippen molar-refractivity contribution in [1.29, 1.82) is 0 Å². The third-order valence-corrected chi connectivity index (χ3v) is 4.48. The van der Waals surface area contributed by atoms with E-state index in [9.17, 15) is 4.79 Å². The number of rotatable bonds is 3. The lowest BCUT2D eigenvalue weighted by molar-refractivity contribution is -0.166. The molecule has 0 spiro atoms. The van der Waals surface area contributed by atoms with Crippen LogP contribution in [0.15, 0.2) is 15.9 Å². The van der Waals surface area contributed by atoms with Crippen molar-refractivity contribution in [3.8, 4) is 0 Å². The van der Waals surface area contributed by atoms with Gasteiger partial charge in [-0.05, 0) is 28.9 Å². The maximum Gasteiger partial charge on any atom is 0.336 e. The first kappa shape index (κ1) is 14.0. The molecule has 0 saturated carbocycles. The number of hydrogen-bond donors (Lipinski definition) is 0. The van der Waals surface area contributed by atoms with E-state index in [1.165, 1.54) is 12.0 Å². The van der Waals surface area contributed by atoms with Crippen LogP contribution in [0, 0.1) is 0 Å². The minimum atomic E-state index is -0.470. The molecule has 0 N–H and O–H groups in total. The fourth-order valence-electron chi connectivity index (χ4n) is 2.09. The third kappa shape index (κ3) is 3.54. The molecule has 2 heterocycles. The Bertz CT molecular complexity index is 423. The van der Waals surface area contributed by atoms with Crippen LogP contribution in [-0.4, -0.2) is 43.3 Å². The number of thiophene rings is 1. The van der Waals surface area contributed by atoms with Crippen LogP contribution in [0.4, 0.5) is 0 Å². The molecule has 0 aliphatic carbocycles. The second-order valence-electron chi connectivity index (χ2n) is 4.38. The lowest BCUT2D eigenvalue weighted by atomic mass is 10.2. The van der Waals surface area contributed by atoms with Gasteiger partial charge in [0.15, 0.2) is 6.10 Å². The quantitative estimate of drug-likeness (QED) is 0.795. The molecule has 0 radical (unpaired) electrons. The zero-order valence-corrected chi connectivity index (χ0v) is 12.8. The van der Waals surface area contributed by atoms with Gasteiger partial charge in [-0.3, -0.25) is 4.90 Å². The van der Waals surface area contributed by atoms with Crippen LogP contribution >= 0.6 is 27.3 Å². The molecule has 1 saturated heterocycles. The van der Waals surface area contributed by atoms with Crippen LogP contribution in [0.1, 0.15) is 11.8 Å². The van der Waals surface area contributed by atoms with Gasteiger partial charge in [-0.2, -0.15) is 0 Å². The van der Waals surface area contributed by atoms with Gasteiger partial charge in [-0.25, -0.2) is 4.79 Å². The Kier molecular flexibility index (Phi) is 4.77. The Morgan fingerprint density at radius 2 is 2.44 bits per heavy atom. The molecular formula is C12H16BrNO3S. The number of carbonyl (C=O) groups is 1. The third-order valence-electron chi connectivity index (χ3n) is 2.80. The Hall–Kier alpha value is -0.430. The first-order chi connectivity index (χ1) is 8.58. The summed E-state index contributed by atoms with van der Waals surface area (Å²) in [5.41, 5.74) is 0. The summed E-state index contributed by atoms with van der Waals surface area (Å²) in [6.45, 7) is 4.25. The number of ether oxygens (including phenoxy) is 2. The standard InChI is InChI=1S/C12H16BrNO3S/c1-8-4-14(5-10-3-9(13)7-18-10)6-11(17-8)12(15)16-2/h3,7-8,11H,4-6H2,1-2H3/t8-,11+/m1/s1. The summed E-state index contributed by atoms with van der Waals surface area (Å²) in [5, 5.41) is 2.07. The van der Waals surface area contributed by atoms with Crippen molar-refractivity contribution in [1.82, 2.24) is 4.90 Å². The van der Waals surface area contributed by atoms with Crippen LogP contribution < -0.4 is 0 Å². The molecule has 1 aliphatic heterocycles. The number of morpholine rings is 1. The number of hydrogen-bond acceptors (Lipinski definition) is 5. The average Bonchev–Trinajstić information content (AvgIpc) is 2.73. The number of esters is 1. The molecule has 1 aromatic rings. The highest BCUT2D eigenvalue weighted by Gasteiger charge is 2.31. The monoisotopic (exact) mass is 333 g/mol. The molecule has 1 fully saturated rings. The van der Waals surface area contributed by atoms with E-state index < -0.39 is 6.10 Å². The van der Waals surface area contributed by atoms with Gasteiger partial charge in [-0.15, -0.1) is 11.3 Å². The summed E-state index contributed by atoms with van der Waals surface area (Å²) in [5.74, 6) is -0.293. The molecule has 1 aliphatic rings. The SMILES string of the molecule is COC(=O)[C@@H]1CN(Cc2cc(Br)cs2)C[C@@H](C)O1. The van der Waals surface area contributed by atoms with Crippen molar-refractivity contribution in [3.05, 3.63) is 20.8 Å². The minimum Gasteiger partial charge on any atom is -0.467 e. The molecule has 0 aromatic carbocycles. The first-order valence-electron chi connectivity index (χ1n) is 5.77. The highest BCUT2D eigenvalue weighted by molar-refractivity contribution is 9.10. The molecule has 2 atom stereocenters. The van der Waals surface area contributed by atoms with Gasteiger partial charge in [0.1, 0.15) is 0 Å². The molecule has 6 heteroatoms. The summed E-state index contributed by atoms with van der Waals surface area (Å²) in [7, 11) is 1.39. The lowest BCUT2D eigenvalue weighted by Gasteiger charge is -2.35. The van der Waals surface area contributed by atoms with E-state index in [4.69, 9.17) is 9.47 Å². The molecule has 0 unspecified atom stereocenters. The van der Waals surface area contributed by atoms with Crippen LogP contribution in [0.3, 0.4) is 0 Å². The van der Waals surface area contributed by atoms with Gasteiger partial charge in [0.2, 0.25) is 0 Å². The van der Waals surface area contributed by atoms with E-state index in [0.29, 0.717) is 6.54 Å². The van der Waals surface area contributed by atoms with Crippen molar-refractivity contribution in [2.24, 2.45) is 0 Å². The number of methoxy groups -OCH3 is 1. The molecule has 18 heavy (non-hydrogen) atoms. The Morgan fingerprint density at radius 3 is 3.06 bits per heavy atom. The number of nitrogens with zero attached hydrogens (tertiary/aromatic N) is 1. The van der Waals surface area contributed by atoms with Crippen LogP contribution in [0.5, 0.6) is 0 Å². The summed E-state index contributed by atoms with van der Waals surface area (Å²) < 4.78 is 11.4. The van der Waals surface area contributed by atoms with Gasteiger partial charge < -0.3 is 9.47 Å². The zero-order chi connectivity index (χ0) is 13.1. The largest absolute Gasteiger partial charge is 0.467 e. The normalized spacial score (nSPS) is 25.1. The molecule has 0 bridgehead atoms. The van der Waals surface area contributed by atoms with Crippen molar-refractivity contribution in [2.75, 3.05) is 20.2 Å². The summed E-state index contributed by atoms with van der Waals surface area (Å²) >= 11 is 5.16. The van der Waals surface area contributed by atoms with Crippen LogP contribution in [0.25, 0.3) is 0 Å². The molecule has 1 aromatic heterocycles. The van der Waals surface area contributed by atoms with Gasteiger partial charge in [0.05, 0.1) is 13.2 Å². The Labute approximate surface area is 119 Å². The van der Waals surface area contributed by atoms with Gasteiger partial charge >= 0.3 is 5.97 Å². The van der Waals surface area contributed by atoms with Crippen LogP contribution in [-0.2, 0) is 20.8 Å². The maximum atomic E-state index is 11.5. The zero-order valence-electron chi connectivity index (χ0n) is 10.4. The van der Waals surface area contributed by atoms with Crippen molar-refractivity contribution >= 4 is 33.2 Å². The van der Waals surface area contributed by atoms with E-state index in [1.807, 2.05) is 6.92 Å². The summed E-state index contributed by atoms with van der Waals surface area (Å²) in [4.78, 5) is 15.0. The van der Waals surface area contributed by atoms with Crippen LogP contribution in [0.2, 0.25) is 0 Å². The van der Waals surface area contributed by atoms with Crippen molar-refractivity contribution in [3.63, 3.8) is 0 Å². The predicted molar refractivity (Wildman–Crippen MR) is 73.6 cm³/mol. The fraction of sp³-hybridized carbons (Fsp3) is 0.583. The predicted octanol–water partition coefficient (Wildman–Crippen LogP) is 2.27. The second kappa shape index (κ2) is 6.14. The second-order valence-corrected chi connectivity index (χ2v) is 6.30. The molecule has 4 nitrogen and oxygen atoms in total.